The van der Waals surface area contributed by atoms with Gasteiger partial charge in [-0.15, -0.1) is 11.6 Å². The second-order valence-electron chi connectivity index (χ2n) is 2.92. The summed E-state index contributed by atoms with van der Waals surface area (Å²) in [5.74, 6) is 0.796. The third-order valence-electron chi connectivity index (χ3n) is 2.33. The second kappa shape index (κ2) is 1.91. The van der Waals surface area contributed by atoms with Crippen molar-refractivity contribution in [1.29, 1.82) is 0 Å². The van der Waals surface area contributed by atoms with Crippen molar-refractivity contribution < 1.29 is 0 Å². The van der Waals surface area contributed by atoms with Crippen LogP contribution in [-0.4, -0.2) is 4.87 Å². The topological polar surface area (TPSA) is 0 Å². The van der Waals surface area contributed by atoms with Gasteiger partial charge in [-0.1, -0.05) is 13.3 Å². The summed E-state index contributed by atoms with van der Waals surface area (Å²) < 4.78 is 0. The molecule has 1 aliphatic rings. The van der Waals surface area contributed by atoms with Gasteiger partial charge in [-0.25, -0.2) is 0 Å². The zero-order valence-corrected chi connectivity index (χ0v) is 6.33. The van der Waals surface area contributed by atoms with E-state index in [1.165, 1.54) is 19.3 Å². The fraction of sp³-hybridized carbons (Fsp3) is 1.00. The Kier molecular flexibility index (Phi) is 1.53. The molecule has 0 nitrogen and oxygen atoms in total. The minimum absolute atomic E-state index is 0.161. The summed E-state index contributed by atoms with van der Waals surface area (Å²) in [6, 6.07) is 0. The van der Waals surface area contributed by atoms with Crippen LogP contribution in [0, 0.1) is 5.92 Å². The molecule has 0 aliphatic heterocycles. The molecule has 0 amide bonds. The normalized spacial score (nSPS) is 46.1. The molecule has 0 bridgehead atoms. The first-order valence-corrected chi connectivity index (χ1v) is 3.73. The average Bonchev–Trinajstić information content (AvgIpc) is 1.66. The Morgan fingerprint density at radius 2 is 2.38 bits per heavy atom. The molecule has 0 aromatic rings. The molecule has 1 saturated carbocycles. The number of alkyl halides is 1. The average molecular weight is 133 g/mol. The summed E-state index contributed by atoms with van der Waals surface area (Å²) in [4.78, 5) is 0.161. The van der Waals surface area contributed by atoms with Crippen molar-refractivity contribution in [3.63, 3.8) is 0 Å². The highest BCUT2D eigenvalue weighted by atomic mass is 35.5. The Bertz CT molecular complexity index is 84.4. The molecule has 0 heterocycles. The van der Waals surface area contributed by atoms with Crippen LogP contribution >= 0.6 is 11.6 Å². The predicted molar refractivity (Wildman–Crippen MR) is 37.3 cm³/mol. The van der Waals surface area contributed by atoms with Crippen LogP contribution in [0.3, 0.4) is 0 Å². The van der Waals surface area contributed by atoms with Crippen molar-refractivity contribution in [3.8, 4) is 0 Å². The zero-order chi connectivity index (χ0) is 6.20. The van der Waals surface area contributed by atoms with Crippen LogP contribution in [0.5, 0.6) is 0 Å². The Labute approximate surface area is 56.2 Å². The number of hydrogen-bond acceptors (Lipinski definition) is 0. The minimum Gasteiger partial charge on any atom is -0.119 e. The number of hydrogen-bond donors (Lipinski definition) is 0. The lowest BCUT2D eigenvalue weighted by Gasteiger charge is -2.41. The first kappa shape index (κ1) is 6.41. The minimum atomic E-state index is 0.161. The van der Waals surface area contributed by atoms with Gasteiger partial charge < -0.3 is 0 Å². The van der Waals surface area contributed by atoms with E-state index in [0.29, 0.717) is 0 Å². The molecule has 1 fully saturated rings. The molecule has 0 aromatic carbocycles. The summed E-state index contributed by atoms with van der Waals surface area (Å²) in [5, 5.41) is 0. The van der Waals surface area contributed by atoms with Crippen molar-refractivity contribution in [2.45, 2.75) is 38.0 Å². The maximum Gasteiger partial charge on any atom is 0.0446 e. The van der Waals surface area contributed by atoms with Crippen LogP contribution in [0.2, 0.25) is 0 Å². The van der Waals surface area contributed by atoms with Crippen LogP contribution in [0.1, 0.15) is 33.1 Å². The van der Waals surface area contributed by atoms with E-state index in [-0.39, 0.29) is 4.87 Å². The van der Waals surface area contributed by atoms with E-state index >= 15 is 0 Å². The van der Waals surface area contributed by atoms with Crippen molar-refractivity contribution in [3.05, 3.63) is 0 Å². The Balaban J connectivity index is 2.37. The van der Waals surface area contributed by atoms with Crippen molar-refractivity contribution >= 4 is 11.6 Å². The third-order valence-corrected chi connectivity index (χ3v) is 2.82. The molecular weight excluding hydrogens is 120 g/mol. The number of rotatable bonds is 1. The highest BCUT2D eigenvalue weighted by Crippen LogP contribution is 2.45. The van der Waals surface area contributed by atoms with E-state index in [2.05, 4.69) is 13.8 Å². The molecule has 1 heteroatoms. The van der Waals surface area contributed by atoms with E-state index in [1.807, 2.05) is 0 Å². The Hall–Kier alpha value is 0.290. The molecular formula is C7H13Cl. The molecule has 0 radical (unpaired) electrons. The summed E-state index contributed by atoms with van der Waals surface area (Å²) >= 11 is 6.07. The highest BCUT2D eigenvalue weighted by molar-refractivity contribution is 6.24. The molecule has 0 N–H and O–H groups in total. The molecule has 48 valence electrons. The van der Waals surface area contributed by atoms with Crippen LogP contribution in [0.25, 0.3) is 0 Å². The molecule has 0 spiro atoms. The summed E-state index contributed by atoms with van der Waals surface area (Å²) in [6.07, 6.45) is 3.81. The van der Waals surface area contributed by atoms with Gasteiger partial charge in [-0.05, 0) is 25.7 Å². The molecule has 0 saturated heterocycles. The molecule has 8 heavy (non-hydrogen) atoms. The Morgan fingerprint density at radius 1 is 1.75 bits per heavy atom. The van der Waals surface area contributed by atoms with E-state index in [0.717, 1.165) is 5.92 Å². The summed E-state index contributed by atoms with van der Waals surface area (Å²) in [6.45, 7) is 4.36. The maximum absolute atomic E-state index is 6.07. The van der Waals surface area contributed by atoms with Crippen LogP contribution in [0.4, 0.5) is 0 Å². The SMILES string of the molecule is CCC1CCC1(C)Cl. The van der Waals surface area contributed by atoms with Gasteiger partial charge in [0.25, 0.3) is 0 Å². The van der Waals surface area contributed by atoms with Crippen molar-refractivity contribution in [2.24, 2.45) is 5.92 Å². The van der Waals surface area contributed by atoms with E-state index in [1.54, 1.807) is 0 Å². The lowest BCUT2D eigenvalue weighted by molar-refractivity contribution is 0.221. The van der Waals surface area contributed by atoms with Gasteiger partial charge in [0.1, 0.15) is 0 Å². The molecule has 2 atom stereocenters. The predicted octanol–water partition coefficient (Wildman–Crippen LogP) is 2.80. The van der Waals surface area contributed by atoms with E-state index in [9.17, 15) is 0 Å². The van der Waals surface area contributed by atoms with Crippen LogP contribution in [-0.2, 0) is 0 Å². The molecule has 2 unspecified atom stereocenters. The van der Waals surface area contributed by atoms with Gasteiger partial charge in [0, 0.05) is 4.87 Å². The lowest BCUT2D eigenvalue weighted by atomic mass is 9.73. The number of halogens is 1. The van der Waals surface area contributed by atoms with Crippen molar-refractivity contribution in [1.82, 2.24) is 0 Å². The largest absolute Gasteiger partial charge is 0.119 e. The fourth-order valence-electron chi connectivity index (χ4n) is 1.38. The summed E-state index contributed by atoms with van der Waals surface area (Å²) in [5.41, 5.74) is 0. The molecule has 1 rings (SSSR count). The quantitative estimate of drug-likeness (QED) is 0.482. The fourth-order valence-corrected chi connectivity index (χ4v) is 1.75. The second-order valence-corrected chi connectivity index (χ2v) is 3.79. The van der Waals surface area contributed by atoms with Gasteiger partial charge >= 0.3 is 0 Å². The van der Waals surface area contributed by atoms with Crippen molar-refractivity contribution in [2.75, 3.05) is 0 Å². The van der Waals surface area contributed by atoms with Gasteiger partial charge in [0.2, 0.25) is 0 Å². The summed E-state index contributed by atoms with van der Waals surface area (Å²) in [7, 11) is 0. The lowest BCUT2D eigenvalue weighted by Crippen LogP contribution is -2.38. The van der Waals surface area contributed by atoms with Crippen LogP contribution < -0.4 is 0 Å². The highest BCUT2D eigenvalue weighted by Gasteiger charge is 2.39. The smallest absolute Gasteiger partial charge is 0.0446 e. The third kappa shape index (κ3) is 0.862. The van der Waals surface area contributed by atoms with Crippen LogP contribution in [0.15, 0.2) is 0 Å². The van der Waals surface area contributed by atoms with E-state index in [4.69, 9.17) is 11.6 Å². The van der Waals surface area contributed by atoms with E-state index < -0.39 is 0 Å². The van der Waals surface area contributed by atoms with Gasteiger partial charge in [-0.3, -0.25) is 0 Å². The zero-order valence-electron chi connectivity index (χ0n) is 5.58. The maximum atomic E-state index is 6.07. The molecule has 0 aromatic heterocycles. The van der Waals surface area contributed by atoms with Gasteiger partial charge in [-0.2, -0.15) is 0 Å². The first-order chi connectivity index (χ1) is 3.67. The van der Waals surface area contributed by atoms with Gasteiger partial charge in [0.05, 0.1) is 0 Å². The Morgan fingerprint density at radius 3 is 2.38 bits per heavy atom. The standard InChI is InChI=1S/C7H13Cl/c1-3-6-4-5-7(6,2)8/h6H,3-5H2,1-2H3. The van der Waals surface area contributed by atoms with Gasteiger partial charge in [0.15, 0.2) is 0 Å². The molecule has 1 aliphatic carbocycles. The first-order valence-electron chi connectivity index (χ1n) is 3.35. The monoisotopic (exact) mass is 132 g/mol.